The third-order valence-electron chi connectivity index (χ3n) is 3.67. The lowest BCUT2D eigenvalue weighted by Crippen LogP contribution is -2.36. The molecule has 1 fully saturated rings. The molecule has 2 atom stereocenters. The number of benzene rings is 1. The van der Waals surface area contributed by atoms with Crippen molar-refractivity contribution in [2.24, 2.45) is 5.92 Å². The number of hydrogen-bond donors (Lipinski definition) is 2. The summed E-state index contributed by atoms with van der Waals surface area (Å²) in [6, 6.07) is 4.29. The number of nitrogens with zero attached hydrogens (tertiary/aromatic N) is 1. The molecule has 1 aliphatic rings. The van der Waals surface area contributed by atoms with E-state index in [4.69, 9.17) is 5.73 Å². The van der Waals surface area contributed by atoms with Crippen LogP contribution in [0.3, 0.4) is 0 Å². The maximum atomic E-state index is 12.1. The fraction of sp³-hybridized carbons (Fsp3) is 0.462. The molecular weight excluding hydrogens is 246 g/mol. The third kappa shape index (κ3) is 2.83. The highest BCUT2D eigenvalue weighted by Crippen LogP contribution is 2.26. The summed E-state index contributed by atoms with van der Waals surface area (Å²) in [6.45, 7) is 2.10. The third-order valence-corrected chi connectivity index (χ3v) is 3.67. The summed E-state index contributed by atoms with van der Waals surface area (Å²) in [5.74, 6) is 0.176. The Balaban J connectivity index is 2.15. The van der Waals surface area contributed by atoms with Crippen molar-refractivity contribution < 1.29 is 9.72 Å². The van der Waals surface area contributed by atoms with Crippen molar-refractivity contribution in [3.8, 4) is 0 Å². The molecule has 0 saturated heterocycles. The van der Waals surface area contributed by atoms with Crippen LogP contribution in [0, 0.1) is 16.0 Å². The van der Waals surface area contributed by atoms with Gasteiger partial charge in [0.1, 0.15) is 5.69 Å². The van der Waals surface area contributed by atoms with Crippen LogP contribution in [0.5, 0.6) is 0 Å². The normalized spacial score (nSPS) is 22.2. The van der Waals surface area contributed by atoms with E-state index in [0.717, 1.165) is 19.3 Å². The molecule has 19 heavy (non-hydrogen) atoms. The fourth-order valence-electron chi connectivity index (χ4n) is 2.45. The molecule has 1 aliphatic carbocycles. The zero-order valence-corrected chi connectivity index (χ0v) is 10.8. The van der Waals surface area contributed by atoms with Crippen LogP contribution >= 0.6 is 0 Å². The minimum absolute atomic E-state index is 0.0655. The largest absolute Gasteiger partial charge is 0.393 e. The van der Waals surface area contributed by atoms with Gasteiger partial charge in [0.25, 0.3) is 11.6 Å². The Hall–Kier alpha value is -2.11. The first kappa shape index (κ1) is 13.3. The summed E-state index contributed by atoms with van der Waals surface area (Å²) in [6.07, 6.45) is 3.17. The molecule has 1 aromatic carbocycles. The first-order valence-electron chi connectivity index (χ1n) is 6.34. The van der Waals surface area contributed by atoms with Crippen molar-refractivity contribution in [1.29, 1.82) is 0 Å². The molecule has 1 aromatic rings. The van der Waals surface area contributed by atoms with Crippen LogP contribution in [0.2, 0.25) is 0 Å². The molecule has 0 radical (unpaired) electrons. The maximum absolute atomic E-state index is 12.1. The number of anilines is 1. The number of nitrogen functional groups attached to an aromatic ring is 1. The summed E-state index contributed by atoms with van der Waals surface area (Å²) in [5.41, 5.74) is 5.62. The summed E-state index contributed by atoms with van der Waals surface area (Å²) in [5, 5.41) is 13.7. The lowest BCUT2D eigenvalue weighted by Gasteiger charge is -2.17. The van der Waals surface area contributed by atoms with Gasteiger partial charge in [-0.25, -0.2) is 0 Å². The second-order valence-electron chi connectivity index (χ2n) is 5.02. The van der Waals surface area contributed by atoms with Gasteiger partial charge in [0, 0.05) is 17.7 Å². The molecule has 2 unspecified atom stereocenters. The van der Waals surface area contributed by atoms with Crippen LogP contribution in [0.15, 0.2) is 18.2 Å². The van der Waals surface area contributed by atoms with Gasteiger partial charge in [0.2, 0.25) is 0 Å². The van der Waals surface area contributed by atoms with Gasteiger partial charge >= 0.3 is 0 Å². The topological polar surface area (TPSA) is 98.3 Å². The number of nitrogens with one attached hydrogen (secondary N) is 1. The van der Waals surface area contributed by atoms with Crippen molar-refractivity contribution >= 4 is 17.3 Å². The molecule has 0 bridgehead atoms. The fourth-order valence-corrected chi connectivity index (χ4v) is 2.45. The quantitative estimate of drug-likeness (QED) is 0.495. The van der Waals surface area contributed by atoms with Gasteiger partial charge in [-0.2, -0.15) is 0 Å². The minimum Gasteiger partial charge on any atom is -0.393 e. The Morgan fingerprint density at radius 3 is 2.79 bits per heavy atom. The van der Waals surface area contributed by atoms with Crippen LogP contribution in [0.1, 0.15) is 36.5 Å². The van der Waals surface area contributed by atoms with Gasteiger partial charge in [-0.1, -0.05) is 13.3 Å². The molecule has 1 amide bonds. The maximum Gasteiger partial charge on any atom is 0.292 e. The number of nitro groups is 1. The van der Waals surface area contributed by atoms with E-state index in [0.29, 0.717) is 5.92 Å². The highest BCUT2D eigenvalue weighted by Gasteiger charge is 2.25. The Morgan fingerprint density at radius 2 is 2.21 bits per heavy atom. The van der Waals surface area contributed by atoms with Crippen LogP contribution in [0.4, 0.5) is 11.4 Å². The van der Waals surface area contributed by atoms with Crippen molar-refractivity contribution in [2.45, 2.75) is 32.2 Å². The molecule has 2 rings (SSSR count). The van der Waals surface area contributed by atoms with Crippen LogP contribution in [-0.2, 0) is 0 Å². The standard InChI is InChI=1S/C13H17N3O3/c1-8-3-2-4-11(8)15-13(17)9-5-6-10(14)12(7-9)16(18)19/h5-8,11H,2-4,14H2,1H3,(H,15,17). The first-order chi connectivity index (χ1) is 8.99. The predicted octanol–water partition coefficient (Wildman–Crippen LogP) is 2.10. The minimum atomic E-state index is -0.579. The molecule has 0 heterocycles. The highest BCUT2D eigenvalue weighted by atomic mass is 16.6. The smallest absolute Gasteiger partial charge is 0.292 e. The van der Waals surface area contributed by atoms with Gasteiger partial charge in [-0.3, -0.25) is 14.9 Å². The molecule has 0 aliphatic heterocycles. The van der Waals surface area contributed by atoms with Crippen molar-refractivity contribution in [3.05, 3.63) is 33.9 Å². The molecule has 3 N–H and O–H groups in total. The number of hydrogen-bond acceptors (Lipinski definition) is 4. The number of carbonyl (C=O) groups excluding carboxylic acids is 1. The van der Waals surface area contributed by atoms with Crippen LogP contribution < -0.4 is 11.1 Å². The van der Waals surface area contributed by atoms with Crippen molar-refractivity contribution in [2.75, 3.05) is 5.73 Å². The average Bonchev–Trinajstić information content (AvgIpc) is 2.75. The number of nitro benzene ring substituents is 1. The van der Waals surface area contributed by atoms with E-state index in [9.17, 15) is 14.9 Å². The number of carbonyl (C=O) groups is 1. The number of amides is 1. The van der Waals surface area contributed by atoms with Gasteiger partial charge in [-0.15, -0.1) is 0 Å². The second kappa shape index (κ2) is 5.26. The molecule has 6 nitrogen and oxygen atoms in total. The lowest BCUT2D eigenvalue weighted by molar-refractivity contribution is -0.383. The number of nitrogens with two attached hydrogens (primary N) is 1. The Kier molecular flexibility index (Phi) is 3.69. The van der Waals surface area contributed by atoms with Gasteiger partial charge < -0.3 is 11.1 Å². The molecule has 6 heteroatoms. The number of rotatable bonds is 3. The zero-order chi connectivity index (χ0) is 14.0. The van der Waals surface area contributed by atoms with Crippen molar-refractivity contribution in [3.63, 3.8) is 0 Å². The first-order valence-corrected chi connectivity index (χ1v) is 6.34. The molecular formula is C13H17N3O3. The summed E-state index contributed by atoms with van der Waals surface area (Å²) >= 11 is 0. The Morgan fingerprint density at radius 1 is 1.47 bits per heavy atom. The van der Waals surface area contributed by atoms with E-state index >= 15 is 0 Å². The van der Waals surface area contributed by atoms with Gasteiger partial charge in [0.05, 0.1) is 4.92 Å². The molecule has 102 valence electrons. The highest BCUT2D eigenvalue weighted by molar-refractivity contribution is 5.95. The predicted molar refractivity (Wildman–Crippen MR) is 71.8 cm³/mol. The monoisotopic (exact) mass is 263 g/mol. The lowest BCUT2D eigenvalue weighted by atomic mass is 10.1. The van der Waals surface area contributed by atoms with E-state index in [1.54, 1.807) is 0 Å². The molecule has 0 aromatic heterocycles. The van der Waals surface area contributed by atoms with E-state index in [1.165, 1.54) is 18.2 Å². The Labute approximate surface area is 111 Å². The van der Waals surface area contributed by atoms with E-state index in [1.807, 2.05) is 0 Å². The zero-order valence-electron chi connectivity index (χ0n) is 10.8. The van der Waals surface area contributed by atoms with Gasteiger partial charge in [0.15, 0.2) is 0 Å². The van der Waals surface area contributed by atoms with Crippen LogP contribution in [0.25, 0.3) is 0 Å². The molecule has 0 spiro atoms. The summed E-state index contributed by atoms with van der Waals surface area (Å²) < 4.78 is 0. The van der Waals surface area contributed by atoms with Crippen molar-refractivity contribution in [1.82, 2.24) is 5.32 Å². The van der Waals surface area contributed by atoms with E-state index < -0.39 is 4.92 Å². The Bertz CT molecular complexity index is 516. The summed E-state index contributed by atoms with van der Waals surface area (Å²) in [4.78, 5) is 22.3. The SMILES string of the molecule is CC1CCCC1NC(=O)c1ccc(N)c([N+](=O)[O-])c1. The van der Waals surface area contributed by atoms with E-state index in [-0.39, 0.29) is 28.9 Å². The average molecular weight is 263 g/mol. The van der Waals surface area contributed by atoms with Gasteiger partial charge in [-0.05, 0) is 30.9 Å². The summed E-state index contributed by atoms with van der Waals surface area (Å²) in [7, 11) is 0. The van der Waals surface area contributed by atoms with Crippen LogP contribution in [-0.4, -0.2) is 16.9 Å². The molecule has 1 saturated carbocycles. The second-order valence-corrected chi connectivity index (χ2v) is 5.02. The van der Waals surface area contributed by atoms with E-state index in [2.05, 4.69) is 12.2 Å².